The van der Waals surface area contributed by atoms with E-state index in [4.69, 9.17) is 9.40 Å². The zero-order valence-electron chi connectivity index (χ0n) is 30.8. The molecule has 9 aromatic carbocycles. The number of hydrogen-bond donors (Lipinski definition) is 0. The van der Waals surface area contributed by atoms with Crippen molar-refractivity contribution in [2.45, 2.75) is 6.92 Å². The Bertz CT molecular complexity index is 3270. The molecule has 262 valence electrons. The Morgan fingerprint density at radius 1 is 0.321 bits per heavy atom. The molecule has 0 N–H and O–H groups in total. The number of rotatable bonds is 5. The summed E-state index contributed by atoms with van der Waals surface area (Å²) in [6, 6.07) is 69.5. The Morgan fingerprint density at radius 2 is 0.804 bits per heavy atom. The summed E-state index contributed by atoms with van der Waals surface area (Å²) in [4.78, 5) is 5.41. The Morgan fingerprint density at radius 3 is 1.48 bits per heavy atom. The normalized spacial score (nSPS) is 11.7. The number of para-hydroxylation sites is 2. The minimum Gasteiger partial charge on any atom is -0.455 e. The van der Waals surface area contributed by atoms with Gasteiger partial charge in [-0.15, -0.1) is 0 Å². The van der Waals surface area contributed by atoms with Gasteiger partial charge >= 0.3 is 0 Å². The maximum absolute atomic E-state index is 6.87. The second kappa shape index (κ2) is 12.9. The molecule has 0 radical (unpaired) electrons. The lowest BCUT2D eigenvalue weighted by Crippen LogP contribution is -1.96. The van der Waals surface area contributed by atoms with Crippen LogP contribution in [0, 0.1) is 6.92 Å². The molecule has 2 nitrogen and oxygen atoms in total. The highest BCUT2D eigenvalue weighted by Crippen LogP contribution is 2.43. The van der Waals surface area contributed by atoms with E-state index >= 15 is 0 Å². The van der Waals surface area contributed by atoms with E-state index in [9.17, 15) is 0 Å². The van der Waals surface area contributed by atoms with Crippen LogP contribution in [-0.2, 0) is 0 Å². The highest BCUT2D eigenvalue weighted by atomic mass is 16.3. The predicted molar refractivity (Wildman–Crippen MR) is 236 cm³/mol. The van der Waals surface area contributed by atoms with Crippen molar-refractivity contribution in [3.8, 4) is 55.9 Å². The van der Waals surface area contributed by atoms with Crippen molar-refractivity contribution in [1.29, 1.82) is 0 Å². The number of nitrogens with zero attached hydrogens (tertiary/aromatic N) is 1. The van der Waals surface area contributed by atoms with Gasteiger partial charge in [-0.1, -0.05) is 170 Å². The molecule has 0 aliphatic carbocycles. The SMILES string of the molecule is Cc1c(-c2cccc(-c3ccc4c5ccccc5c5ccccc5c4c3)c2)cc(-c2cccc3c2oc2c(-c4ccccc4)cccc23)nc1-c1ccccc1. The average molecular weight is 714 g/mol. The second-order valence-electron chi connectivity index (χ2n) is 14.7. The van der Waals surface area contributed by atoms with Crippen LogP contribution in [0.1, 0.15) is 5.56 Å². The third kappa shape index (κ3) is 5.15. The minimum absolute atomic E-state index is 0.844. The molecule has 11 rings (SSSR count). The van der Waals surface area contributed by atoms with Gasteiger partial charge in [-0.2, -0.15) is 0 Å². The first-order valence-electron chi connectivity index (χ1n) is 19.2. The summed E-state index contributed by atoms with van der Waals surface area (Å²) in [5.41, 5.74) is 13.6. The van der Waals surface area contributed by atoms with Crippen molar-refractivity contribution >= 4 is 54.3 Å². The minimum atomic E-state index is 0.844. The van der Waals surface area contributed by atoms with Crippen LogP contribution >= 0.6 is 0 Å². The fourth-order valence-electron chi connectivity index (χ4n) is 8.74. The zero-order valence-corrected chi connectivity index (χ0v) is 30.8. The molecule has 2 heteroatoms. The van der Waals surface area contributed by atoms with Gasteiger partial charge in [0.1, 0.15) is 11.2 Å². The molecule has 0 saturated carbocycles. The second-order valence-corrected chi connectivity index (χ2v) is 14.7. The first kappa shape index (κ1) is 32.2. The van der Waals surface area contributed by atoms with E-state index in [1.165, 1.54) is 43.4 Å². The maximum atomic E-state index is 6.87. The van der Waals surface area contributed by atoms with Gasteiger partial charge in [-0.05, 0) is 96.9 Å². The first-order chi connectivity index (χ1) is 27.7. The Hall–Kier alpha value is -7.29. The van der Waals surface area contributed by atoms with Crippen molar-refractivity contribution < 1.29 is 4.42 Å². The van der Waals surface area contributed by atoms with Crippen LogP contribution in [0.3, 0.4) is 0 Å². The van der Waals surface area contributed by atoms with Crippen LogP contribution in [0.25, 0.3) is 110 Å². The monoisotopic (exact) mass is 713 g/mol. The van der Waals surface area contributed by atoms with Crippen molar-refractivity contribution in [1.82, 2.24) is 4.98 Å². The summed E-state index contributed by atoms with van der Waals surface area (Å²) in [6.07, 6.45) is 0. The third-order valence-electron chi connectivity index (χ3n) is 11.5. The first-order valence-corrected chi connectivity index (χ1v) is 19.2. The lowest BCUT2D eigenvalue weighted by molar-refractivity contribution is 0.671. The Kier molecular flexibility index (Phi) is 7.43. The van der Waals surface area contributed by atoms with E-state index in [0.29, 0.717) is 0 Å². The lowest BCUT2D eigenvalue weighted by Gasteiger charge is -2.16. The summed E-state index contributed by atoms with van der Waals surface area (Å²) in [6.45, 7) is 2.20. The number of aromatic nitrogens is 1. The molecule has 56 heavy (non-hydrogen) atoms. The molecule has 0 spiro atoms. The van der Waals surface area contributed by atoms with E-state index in [1.54, 1.807) is 0 Å². The van der Waals surface area contributed by atoms with E-state index in [1.807, 2.05) is 6.07 Å². The van der Waals surface area contributed by atoms with Gasteiger partial charge in [0.2, 0.25) is 0 Å². The average Bonchev–Trinajstić information content (AvgIpc) is 3.66. The number of hydrogen-bond acceptors (Lipinski definition) is 2. The van der Waals surface area contributed by atoms with Gasteiger partial charge in [-0.3, -0.25) is 0 Å². The molecule has 0 fully saturated rings. The molecule has 0 unspecified atom stereocenters. The molecular formula is C54H35NO. The van der Waals surface area contributed by atoms with Crippen LogP contribution < -0.4 is 0 Å². The Balaban J connectivity index is 1.10. The summed E-state index contributed by atoms with van der Waals surface area (Å²) >= 11 is 0. The highest BCUT2D eigenvalue weighted by Gasteiger charge is 2.20. The van der Waals surface area contributed by atoms with Gasteiger partial charge in [-0.25, -0.2) is 4.98 Å². The van der Waals surface area contributed by atoms with E-state index in [0.717, 1.165) is 72.3 Å². The summed E-state index contributed by atoms with van der Waals surface area (Å²) in [7, 11) is 0. The smallest absolute Gasteiger partial charge is 0.144 e. The van der Waals surface area contributed by atoms with Crippen molar-refractivity contribution in [3.05, 3.63) is 200 Å². The largest absolute Gasteiger partial charge is 0.455 e. The fourth-order valence-corrected chi connectivity index (χ4v) is 8.74. The molecule has 0 amide bonds. The summed E-state index contributed by atoms with van der Waals surface area (Å²) in [5.74, 6) is 0. The van der Waals surface area contributed by atoms with Crippen molar-refractivity contribution in [2.75, 3.05) is 0 Å². The summed E-state index contributed by atoms with van der Waals surface area (Å²) in [5, 5.41) is 9.86. The number of fused-ring (bicyclic) bond motifs is 9. The van der Waals surface area contributed by atoms with E-state index < -0.39 is 0 Å². The zero-order chi connectivity index (χ0) is 37.2. The number of benzene rings is 9. The maximum Gasteiger partial charge on any atom is 0.144 e. The van der Waals surface area contributed by atoms with Gasteiger partial charge in [0, 0.05) is 27.5 Å². The van der Waals surface area contributed by atoms with Crippen molar-refractivity contribution in [3.63, 3.8) is 0 Å². The highest BCUT2D eigenvalue weighted by molar-refractivity contribution is 6.25. The quantitative estimate of drug-likeness (QED) is 0.166. The number of pyridine rings is 1. The van der Waals surface area contributed by atoms with Crippen LogP contribution in [0.5, 0.6) is 0 Å². The van der Waals surface area contributed by atoms with Crippen molar-refractivity contribution in [2.24, 2.45) is 0 Å². The third-order valence-corrected chi connectivity index (χ3v) is 11.5. The Labute approximate surface area is 325 Å². The molecule has 0 atom stereocenters. The van der Waals surface area contributed by atoms with Crippen LogP contribution in [0.15, 0.2) is 199 Å². The molecule has 0 bridgehead atoms. The van der Waals surface area contributed by atoms with E-state index in [2.05, 4.69) is 195 Å². The number of furan rings is 1. The van der Waals surface area contributed by atoms with Gasteiger partial charge in [0.25, 0.3) is 0 Å². The van der Waals surface area contributed by atoms with Crippen LogP contribution in [0.2, 0.25) is 0 Å². The molecule has 0 aliphatic heterocycles. The topological polar surface area (TPSA) is 26.0 Å². The molecule has 2 heterocycles. The van der Waals surface area contributed by atoms with Crippen LogP contribution in [0.4, 0.5) is 0 Å². The van der Waals surface area contributed by atoms with E-state index in [-0.39, 0.29) is 0 Å². The molecular weight excluding hydrogens is 679 g/mol. The molecule has 2 aromatic heterocycles. The standard InChI is InChI=1S/C54H35NO/c1-34-49(39-20-12-19-37(31-39)38-29-30-45-43-23-9-8-21-41(43)42-22-10-11-24-44(42)50(45)32-38)33-51(55-52(34)36-17-6-3-7-18-36)48-28-14-27-47-46-26-13-25-40(53(46)56-54(47)48)35-15-4-2-5-16-35/h2-33H,1H3. The predicted octanol–water partition coefficient (Wildman–Crippen LogP) is 15.1. The molecule has 0 aliphatic rings. The van der Waals surface area contributed by atoms with Gasteiger partial charge in [0.15, 0.2) is 0 Å². The molecule has 11 aromatic rings. The van der Waals surface area contributed by atoms with Gasteiger partial charge in [0.05, 0.1) is 11.4 Å². The lowest BCUT2D eigenvalue weighted by atomic mass is 9.90. The van der Waals surface area contributed by atoms with Gasteiger partial charge < -0.3 is 4.42 Å². The van der Waals surface area contributed by atoms with Crippen LogP contribution in [-0.4, -0.2) is 4.98 Å². The molecule has 0 saturated heterocycles. The fraction of sp³-hybridized carbons (Fsp3) is 0.0185. The summed E-state index contributed by atoms with van der Waals surface area (Å²) < 4.78 is 6.87.